The number of benzene rings is 1. The van der Waals surface area contributed by atoms with Gasteiger partial charge < -0.3 is 20.1 Å². The summed E-state index contributed by atoms with van der Waals surface area (Å²) in [6, 6.07) is 0.701. The molecule has 6 nitrogen and oxygen atoms in total. The van der Waals surface area contributed by atoms with E-state index < -0.39 is 48.1 Å². The fourth-order valence-electron chi connectivity index (χ4n) is 2.80. The summed E-state index contributed by atoms with van der Waals surface area (Å²) < 4.78 is 69.5. The van der Waals surface area contributed by atoms with Crippen molar-refractivity contribution in [2.45, 2.75) is 31.7 Å². The van der Waals surface area contributed by atoms with Crippen LogP contribution in [-0.2, 0) is 4.79 Å². The van der Waals surface area contributed by atoms with Crippen molar-refractivity contribution >= 4 is 12.0 Å². The van der Waals surface area contributed by atoms with E-state index in [0.717, 1.165) is 17.0 Å². The number of likely N-dealkylation sites (tertiary alicyclic amines) is 1. The number of carbonyl (C=O) groups excluding carboxylic acids is 1. The monoisotopic (exact) mass is 396 g/mol. The van der Waals surface area contributed by atoms with Crippen LogP contribution >= 0.6 is 0 Å². The number of amides is 2. The molecular weight excluding hydrogens is 379 g/mol. The number of carboxylic acid groups (broad SMARTS) is 1. The van der Waals surface area contributed by atoms with Crippen molar-refractivity contribution in [1.29, 1.82) is 0 Å². The summed E-state index contributed by atoms with van der Waals surface area (Å²) in [5.74, 6) is -2.38. The molecule has 1 fully saturated rings. The van der Waals surface area contributed by atoms with Gasteiger partial charge in [0.05, 0.1) is 5.92 Å². The Kier molecular flexibility index (Phi) is 6.45. The smallest absolute Gasteiger partial charge is 0.413 e. The van der Waals surface area contributed by atoms with Crippen LogP contribution in [0.3, 0.4) is 0 Å². The van der Waals surface area contributed by atoms with Gasteiger partial charge in [-0.05, 0) is 18.9 Å². The molecule has 1 saturated heterocycles. The fourth-order valence-corrected chi connectivity index (χ4v) is 2.80. The second kappa shape index (κ2) is 8.40. The highest BCUT2D eigenvalue weighted by Gasteiger charge is 2.44. The van der Waals surface area contributed by atoms with Gasteiger partial charge in [-0.15, -0.1) is 0 Å². The highest BCUT2D eigenvalue weighted by molar-refractivity contribution is 5.76. The summed E-state index contributed by atoms with van der Waals surface area (Å²) in [6.45, 7) is -3.38. The minimum absolute atomic E-state index is 0.0252. The summed E-state index contributed by atoms with van der Waals surface area (Å²) in [6.07, 6.45) is -4.73. The van der Waals surface area contributed by atoms with Crippen LogP contribution in [0.4, 0.5) is 26.7 Å². The third-order valence-corrected chi connectivity index (χ3v) is 4.17. The van der Waals surface area contributed by atoms with Crippen LogP contribution in [0.2, 0.25) is 0 Å². The highest BCUT2D eigenvalue weighted by atomic mass is 19.4. The van der Waals surface area contributed by atoms with Crippen molar-refractivity contribution in [2.75, 3.05) is 13.1 Å². The Morgan fingerprint density at radius 1 is 1.19 bits per heavy atom. The van der Waals surface area contributed by atoms with Gasteiger partial charge >= 0.3 is 24.8 Å². The molecule has 1 aliphatic rings. The van der Waals surface area contributed by atoms with Crippen molar-refractivity contribution in [3.8, 4) is 5.75 Å². The molecule has 0 aliphatic carbocycles. The number of carbonyl (C=O) groups is 2. The molecule has 0 bridgehead atoms. The zero-order valence-electron chi connectivity index (χ0n) is 13.9. The first kappa shape index (κ1) is 20.7. The van der Waals surface area contributed by atoms with Crippen LogP contribution in [0.15, 0.2) is 24.3 Å². The van der Waals surface area contributed by atoms with Gasteiger partial charge in [0.25, 0.3) is 0 Å². The van der Waals surface area contributed by atoms with Gasteiger partial charge in [0.15, 0.2) is 6.04 Å². The first-order valence-electron chi connectivity index (χ1n) is 7.98. The van der Waals surface area contributed by atoms with E-state index in [4.69, 9.17) is 5.11 Å². The minimum Gasteiger partial charge on any atom is -0.481 e. The van der Waals surface area contributed by atoms with Gasteiger partial charge in [0.1, 0.15) is 5.75 Å². The number of hydrogen-bond acceptors (Lipinski definition) is 3. The quantitative estimate of drug-likeness (QED) is 0.748. The molecule has 0 radical (unpaired) electrons. The number of alkyl halides is 5. The maximum absolute atomic E-state index is 13.5. The molecule has 2 N–H and O–H groups in total. The Bertz CT molecular complexity index is 675. The number of nitrogens with zero attached hydrogens (tertiary/aromatic N) is 1. The predicted octanol–water partition coefficient (Wildman–Crippen LogP) is 3.40. The van der Waals surface area contributed by atoms with E-state index in [1.807, 2.05) is 0 Å². The number of piperidine rings is 1. The van der Waals surface area contributed by atoms with Gasteiger partial charge in [-0.25, -0.2) is 4.79 Å². The Hall–Kier alpha value is -2.59. The van der Waals surface area contributed by atoms with Gasteiger partial charge in [-0.2, -0.15) is 22.0 Å². The molecule has 1 aromatic rings. The maximum atomic E-state index is 13.5. The van der Waals surface area contributed by atoms with Crippen LogP contribution in [0.25, 0.3) is 0 Å². The Morgan fingerprint density at radius 3 is 2.30 bits per heavy atom. The number of ether oxygens (including phenoxy) is 1. The summed E-state index contributed by atoms with van der Waals surface area (Å²) in [5, 5.41) is 10.7. The number of hydrogen-bond donors (Lipinski definition) is 2. The van der Waals surface area contributed by atoms with Gasteiger partial charge in [-0.1, -0.05) is 18.2 Å². The van der Waals surface area contributed by atoms with Crippen LogP contribution in [-0.4, -0.2) is 47.9 Å². The second-order valence-electron chi connectivity index (χ2n) is 5.94. The van der Waals surface area contributed by atoms with Crippen LogP contribution in [0.1, 0.15) is 24.4 Å². The number of halogens is 5. The van der Waals surface area contributed by atoms with Gasteiger partial charge in [0, 0.05) is 18.7 Å². The van der Waals surface area contributed by atoms with Crippen LogP contribution < -0.4 is 10.1 Å². The van der Waals surface area contributed by atoms with Crippen molar-refractivity contribution in [3.63, 3.8) is 0 Å². The molecule has 150 valence electrons. The first-order chi connectivity index (χ1) is 12.6. The van der Waals surface area contributed by atoms with Gasteiger partial charge in [-0.3, -0.25) is 4.79 Å². The number of rotatable bonds is 5. The van der Waals surface area contributed by atoms with Crippen molar-refractivity contribution in [2.24, 2.45) is 5.92 Å². The molecule has 0 spiro atoms. The van der Waals surface area contributed by atoms with E-state index in [1.165, 1.54) is 12.1 Å². The third-order valence-electron chi connectivity index (χ3n) is 4.17. The first-order valence-corrected chi connectivity index (χ1v) is 7.98. The van der Waals surface area contributed by atoms with Crippen molar-refractivity contribution in [3.05, 3.63) is 29.8 Å². The summed E-state index contributed by atoms with van der Waals surface area (Å²) in [4.78, 5) is 24.2. The predicted molar refractivity (Wildman–Crippen MR) is 82.3 cm³/mol. The van der Waals surface area contributed by atoms with Crippen molar-refractivity contribution in [1.82, 2.24) is 10.2 Å². The summed E-state index contributed by atoms with van der Waals surface area (Å²) in [5.41, 5.74) is -0.654. The molecule has 1 aromatic carbocycles. The minimum atomic E-state index is -4.96. The Balaban J connectivity index is 2.17. The van der Waals surface area contributed by atoms with Gasteiger partial charge in [0.2, 0.25) is 0 Å². The molecule has 1 heterocycles. The topological polar surface area (TPSA) is 78.9 Å². The average molecular weight is 396 g/mol. The lowest BCUT2D eigenvalue weighted by Crippen LogP contribution is -2.49. The van der Waals surface area contributed by atoms with E-state index in [9.17, 15) is 31.5 Å². The zero-order valence-corrected chi connectivity index (χ0v) is 13.9. The van der Waals surface area contributed by atoms with Crippen LogP contribution in [0.5, 0.6) is 5.75 Å². The van der Waals surface area contributed by atoms with Crippen molar-refractivity contribution < 1.29 is 41.4 Å². The molecule has 11 heteroatoms. The average Bonchev–Trinajstić information content (AvgIpc) is 2.59. The van der Waals surface area contributed by atoms with E-state index >= 15 is 0 Å². The fraction of sp³-hybridized carbons (Fsp3) is 0.500. The number of nitrogens with one attached hydrogen (secondary N) is 1. The summed E-state index contributed by atoms with van der Waals surface area (Å²) >= 11 is 0. The molecular formula is C16H17F5N2O4. The SMILES string of the molecule is O=C(O)C1CCN(C(=O)NC(c2ccccc2OC(F)F)C(F)(F)F)CC1. The molecule has 1 unspecified atom stereocenters. The van der Waals surface area contributed by atoms with E-state index in [2.05, 4.69) is 4.74 Å². The molecule has 2 rings (SSSR count). The lowest BCUT2D eigenvalue weighted by molar-refractivity contribution is -0.156. The van der Waals surface area contributed by atoms with E-state index in [1.54, 1.807) is 5.32 Å². The number of urea groups is 1. The van der Waals surface area contributed by atoms with Crippen LogP contribution in [0, 0.1) is 5.92 Å². The Morgan fingerprint density at radius 2 is 1.78 bits per heavy atom. The number of para-hydroxylation sites is 1. The third kappa shape index (κ3) is 5.44. The molecule has 1 aliphatic heterocycles. The number of aliphatic carboxylic acids is 1. The molecule has 2 amide bonds. The normalized spacial score (nSPS) is 16.9. The largest absolute Gasteiger partial charge is 0.481 e. The highest BCUT2D eigenvalue weighted by Crippen LogP contribution is 2.38. The molecule has 0 saturated carbocycles. The lowest BCUT2D eigenvalue weighted by atomic mass is 9.97. The zero-order chi connectivity index (χ0) is 20.2. The maximum Gasteiger partial charge on any atom is 0.413 e. The molecule has 0 aromatic heterocycles. The second-order valence-corrected chi connectivity index (χ2v) is 5.94. The lowest BCUT2D eigenvalue weighted by Gasteiger charge is -2.32. The molecule has 1 atom stereocenters. The summed E-state index contributed by atoms with van der Waals surface area (Å²) in [7, 11) is 0. The number of carboxylic acids is 1. The molecule has 27 heavy (non-hydrogen) atoms. The van der Waals surface area contributed by atoms with E-state index in [0.29, 0.717) is 0 Å². The standard InChI is InChI=1S/C16H17F5N2O4/c17-14(18)27-11-4-2-1-3-10(11)12(16(19,20)21)22-15(26)23-7-5-9(6-8-23)13(24)25/h1-4,9,12,14H,5-8H2,(H,22,26)(H,24,25). The van der Waals surface area contributed by atoms with E-state index in [-0.39, 0.29) is 25.9 Å². The Labute approximate surface area is 150 Å².